The van der Waals surface area contributed by atoms with Crippen molar-refractivity contribution in [1.82, 2.24) is 19.7 Å². The highest BCUT2D eigenvalue weighted by atomic mass is 32.2. The lowest BCUT2D eigenvalue weighted by Crippen LogP contribution is -2.29. The molecule has 108 valence electrons. The van der Waals surface area contributed by atoms with Gasteiger partial charge in [0.1, 0.15) is 11.3 Å². The minimum Gasteiger partial charge on any atom is -0.383 e. The number of aromatic nitrogens is 3. The van der Waals surface area contributed by atoms with E-state index in [9.17, 15) is 13.5 Å². The van der Waals surface area contributed by atoms with Gasteiger partial charge in [0.25, 0.3) is 0 Å². The SMILES string of the molecule is CNS(=O)(=O)CCn1cc(C2(O)CCCCC2)nn1. The number of nitrogens with zero attached hydrogens (tertiary/aromatic N) is 3. The van der Waals surface area contributed by atoms with Gasteiger partial charge in [-0.1, -0.05) is 24.5 Å². The average Bonchev–Trinajstić information content (AvgIpc) is 2.87. The van der Waals surface area contributed by atoms with Crippen LogP contribution in [0.25, 0.3) is 0 Å². The highest BCUT2D eigenvalue weighted by Crippen LogP contribution is 2.35. The van der Waals surface area contributed by atoms with Gasteiger partial charge in [-0.2, -0.15) is 0 Å². The molecule has 0 bridgehead atoms. The summed E-state index contributed by atoms with van der Waals surface area (Å²) in [7, 11) is -1.87. The number of hydrogen-bond donors (Lipinski definition) is 2. The van der Waals surface area contributed by atoms with Crippen molar-refractivity contribution in [3.8, 4) is 0 Å². The molecule has 1 saturated carbocycles. The number of nitrogens with one attached hydrogen (secondary N) is 1. The zero-order valence-corrected chi connectivity index (χ0v) is 11.9. The molecule has 1 aliphatic rings. The van der Waals surface area contributed by atoms with Crippen LogP contribution in [0.4, 0.5) is 0 Å². The molecule has 0 amide bonds. The molecule has 7 nitrogen and oxygen atoms in total. The van der Waals surface area contributed by atoms with Crippen LogP contribution >= 0.6 is 0 Å². The van der Waals surface area contributed by atoms with Crippen LogP contribution < -0.4 is 4.72 Å². The Morgan fingerprint density at radius 3 is 2.74 bits per heavy atom. The van der Waals surface area contributed by atoms with Gasteiger partial charge in [-0.25, -0.2) is 13.1 Å². The van der Waals surface area contributed by atoms with E-state index in [1.807, 2.05) is 0 Å². The van der Waals surface area contributed by atoms with Crippen molar-refractivity contribution in [2.45, 2.75) is 44.2 Å². The van der Waals surface area contributed by atoms with E-state index in [1.165, 1.54) is 11.7 Å². The molecule has 0 aromatic carbocycles. The van der Waals surface area contributed by atoms with Crippen LogP contribution in [0.15, 0.2) is 6.20 Å². The number of sulfonamides is 1. The number of aryl methyl sites for hydroxylation is 1. The summed E-state index contributed by atoms with van der Waals surface area (Å²) >= 11 is 0. The lowest BCUT2D eigenvalue weighted by atomic mass is 9.83. The normalized spacial score (nSPS) is 19.5. The maximum atomic E-state index is 11.3. The van der Waals surface area contributed by atoms with Crippen molar-refractivity contribution in [2.24, 2.45) is 0 Å². The molecule has 0 unspecified atom stereocenters. The van der Waals surface area contributed by atoms with Crippen molar-refractivity contribution >= 4 is 10.0 Å². The Hall–Kier alpha value is -0.990. The molecule has 0 aliphatic heterocycles. The van der Waals surface area contributed by atoms with E-state index in [0.29, 0.717) is 18.5 Å². The van der Waals surface area contributed by atoms with E-state index in [2.05, 4.69) is 15.0 Å². The van der Waals surface area contributed by atoms with Gasteiger partial charge in [-0.15, -0.1) is 5.10 Å². The Labute approximate surface area is 113 Å². The van der Waals surface area contributed by atoms with Crippen molar-refractivity contribution in [3.05, 3.63) is 11.9 Å². The van der Waals surface area contributed by atoms with Crippen molar-refractivity contribution in [3.63, 3.8) is 0 Å². The molecule has 2 rings (SSSR count). The smallest absolute Gasteiger partial charge is 0.213 e. The second-order valence-corrected chi connectivity index (χ2v) is 7.03. The Morgan fingerprint density at radius 1 is 1.42 bits per heavy atom. The third kappa shape index (κ3) is 3.52. The predicted molar refractivity (Wildman–Crippen MR) is 69.9 cm³/mol. The van der Waals surface area contributed by atoms with Gasteiger partial charge in [-0.3, -0.25) is 4.68 Å². The van der Waals surface area contributed by atoms with E-state index in [1.54, 1.807) is 6.20 Å². The zero-order chi connectivity index (χ0) is 13.9. The van der Waals surface area contributed by atoms with Crippen molar-refractivity contribution < 1.29 is 13.5 Å². The molecule has 0 atom stereocenters. The van der Waals surface area contributed by atoms with Gasteiger partial charge in [-0.05, 0) is 19.9 Å². The summed E-state index contributed by atoms with van der Waals surface area (Å²) in [5.41, 5.74) is -0.340. The van der Waals surface area contributed by atoms with Gasteiger partial charge in [0.2, 0.25) is 10.0 Å². The number of hydrogen-bond acceptors (Lipinski definition) is 5. The molecule has 2 N–H and O–H groups in total. The Balaban J connectivity index is 2.03. The zero-order valence-electron chi connectivity index (χ0n) is 11.0. The first-order valence-corrected chi connectivity index (χ1v) is 8.15. The summed E-state index contributed by atoms with van der Waals surface area (Å²) in [5, 5.41) is 18.4. The molecule has 1 aromatic rings. The maximum Gasteiger partial charge on any atom is 0.213 e. The standard InChI is InChI=1S/C11H20N4O3S/c1-12-19(17,18)8-7-15-9-10(13-14-15)11(16)5-3-2-4-6-11/h9,12,16H,2-8H2,1H3. The average molecular weight is 288 g/mol. The van der Waals surface area contributed by atoms with Crippen LogP contribution in [-0.4, -0.2) is 41.3 Å². The first kappa shape index (κ1) is 14.4. The topological polar surface area (TPSA) is 97.1 Å². The molecule has 0 spiro atoms. The quantitative estimate of drug-likeness (QED) is 0.793. The third-order valence-electron chi connectivity index (χ3n) is 3.60. The monoisotopic (exact) mass is 288 g/mol. The summed E-state index contributed by atoms with van der Waals surface area (Å²) in [4.78, 5) is 0. The Kier molecular flexibility index (Phi) is 4.22. The number of aliphatic hydroxyl groups is 1. The largest absolute Gasteiger partial charge is 0.383 e. The van der Waals surface area contributed by atoms with Crippen molar-refractivity contribution in [2.75, 3.05) is 12.8 Å². The highest BCUT2D eigenvalue weighted by Gasteiger charge is 2.33. The van der Waals surface area contributed by atoms with Gasteiger partial charge < -0.3 is 5.11 Å². The van der Waals surface area contributed by atoms with Gasteiger partial charge in [0.05, 0.1) is 18.5 Å². The third-order valence-corrected chi connectivity index (χ3v) is 4.94. The molecule has 1 heterocycles. The van der Waals surface area contributed by atoms with Crippen LogP contribution in [0.2, 0.25) is 0 Å². The van der Waals surface area contributed by atoms with E-state index >= 15 is 0 Å². The molecule has 1 aromatic heterocycles. The van der Waals surface area contributed by atoms with Gasteiger partial charge >= 0.3 is 0 Å². The highest BCUT2D eigenvalue weighted by molar-refractivity contribution is 7.89. The summed E-state index contributed by atoms with van der Waals surface area (Å²) in [6, 6.07) is 0. The lowest BCUT2D eigenvalue weighted by molar-refractivity contribution is -0.00474. The second kappa shape index (κ2) is 5.56. The molecular weight excluding hydrogens is 268 g/mol. The lowest BCUT2D eigenvalue weighted by Gasteiger charge is -2.29. The molecule has 0 radical (unpaired) electrons. The molecule has 1 aliphatic carbocycles. The fourth-order valence-corrected chi connectivity index (χ4v) is 2.96. The van der Waals surface area contributed by atoms with Crippen LogP contribution in [-0.2, 0) is 22.2 Å². The molecular formula is C11H20N4O3S. The first-order valence-electron chi connectivity index (χ1n) is 6.49. The van der Waals surface area contributed by atoms with Gasteiger partial charge in [0.15, 0.2) is 0 Å². The fraction of sp³-hybridized carbons (Fsp3) is 0.818. The molecule has 8 heteroatoms. The van der Waals surface area contributed by atoms with Crippen LogP contribution in [0.1, 0.15) is 37.8 Å². The van der Waals surface area contributed by atoms with Crippen LogP contribution in [0.3, 0.4) is 0 Å². The summed E-state index contributed by atoms with van der Waals surface area (Å²) in [6.07, 6.45) is 6.14. The first-order chi connectivity index (χ1) is 8.95. The summed E-state index contributed by atoms with van der Waals surface area (Å²) < 4.78 is 26.4. The van der Waals surface area contributed by atoms with E-state index in [0.717, 1.165) is 19.3 Å². The second-order valence-electron chi connectivity index (χ2n) is 4.98. The fourth-order valence-electron chi connectivity index (χ4n) is 2.33. The Bertz CT molecular complexity index is 520. The molecule has 19 heavy (non-hydrogen) atoms. The summed E-state index contributed by atoms with van der Waals surface area (Å²) in [6.45, 7) is 0.228. The minimum atomic E-state index is -3.25. The van der Waals surface area contributed by atoms with Gasteiger partial charge in [0, 0.05) is 0 Å². The minimum absolute atomic E-state index is 0.0509. The van der Waals surface area contributed by atoms with Crippen molar-refractivity contribution in [1.29, 1.82) is 0 Å². The van der Waals surface area contributed by atoms with Crippen LogP contribution in [0, 0.1) is 0 Å². The number of rotatable bonds is 5. The summed E-state index contributed by atoms with van der Waals surface area (Å²) in [5.74, 6) is -0.0509. The maximum absolute atomic E-state index is 11.3. The predicted octanol–water partition coefficient (Wildman–Crippen LogP) is -0.0210. The molecule has 1 fully saturated rings. The van der Waals surface area contributed by atoms with Crippen LogP contribution in [0.5, 0.6) is 0 Å². The Morgan fingerprint density at radius 2 is 2.11 bits per heavy atom. The van der Waals surface area contributed by atoms with E-state index < -0.39 is 15.6 Å². The van der Waals surface area contributed by atoms with E-state index in [4.69, 9.17) is 0 Å². The molecule has 0 saturated heterocycles. The van der Waals surface area contributed by atoms with E-state index in [-0.39, 0.29) is 12.3 Å².